The molecule has 0 unspecified atom stereocenters. The van der Waals surface area contributed by atoms with Crippen LogP contribution in [0.15, 0.2) is 45.9 Å². The molecule has 0 spiro atoms. The summed E-state index contributed by atoms with van der Waals surface area (Å²) in [6, 6.07) is 8.72. The monoisotopic (exact) mass is 387 g/mol. The molecule has 0 bridgehead atoms. The van der Waals surface area contributed by atoms with Gasteiger partial charge in [0.2, 0.25) is 15.9 Å². The van der Waals surface area contributed by atoms with Crippen LogP contribution in [-0.4, -0.2) is 39.2 Å². The molecule has 9 heteroatoms. The van der Waals surface area contributed by atoms with E-state index in [0.717, 1.165) is 24.1 Å². The topological polar surface area (TPSA) is 94.1 Å². The minimum atomic E-state index is -3.69. The van der Waals surface area contributed by atoms with Gasteiger partial charge in [-0.3, -0.25) is 4.68 Å². The normalized spacial score (nSPS) is 14.8. The van der Waals surface area contributed by atoms with Crippen molar-refractivity contribution in [2.45, 2.75) is 37.1 Å². The number of hydrogen-bond acceptors (Lipinski definition) is 6. The van der Waals surface area contributed by atoms with Crippen molar-refractivity contribution in [1.29, 1.82) is 0 Å². The summed E-state index contributed by atoms with van der Waals surface area (Å²) >= 11 is 0. The van der Waals surface area contributed by atoms with Gasteiger partial charge >= 0.3 is 0 Å². The highest BCUT2D eigenvalue weighted by Crippen LogP contribution is 2.39. The van der Waals surface area contributed by atoms with Crippen LogP contribution in [-0.2, 0) is 23.6 Å². The molecule has 0 atom stereocenters. The molecule has 2 aromatic heterocycles. The average Bonchev–Trinajstić information content (AvgIpc) is 3.26. The molecule has 0 saturated heterocycles. The second-order valence-corrected chi connectivity index (χ2v) is 8.56. The Morgan fingerprint density at radius 3 is 2.78 bits per heavy atom. The van der Waals surface area contributed by atoms with Gasteiger partial charge in [-0.2, -0.15) is 14.4 Å². The molecule has 8 nitrogen and oxygen atoms in total. The van der Waals surface area contributed by atoms with Gasteiger partial charge in [-0.1, -0.05) is 24.2 Å². The van der Waals surface area contributed by atoms with Crippen molar-refractivity contribution >= 4 is 10.0 Å². The molecule has 2 heterocycles. The van der Waals surface area contributed by atoms with Crippen molar-refractivity contribution in [2.24, 2.45) is 7.05 Å². The Hall–Kier alpha value is -2.52. The molecule has 3 aromatic rings. The fourth-order valence-electron chi connectivity index (χ4n) is 2.97. The van der Waals surface area contributed by atoms with Crippen molar-refractivity contribution in [3.8, 4) is 11.3 Å². The number of sulfonamides is 1. The van der Waals surface area contributed by atoms with Gasteiger partial charge in [-0.05, 0) is 31.0 Å². The minimum absolute atomic E-state index is 0.0883. The van der Waals surface area contributed by atoms with Gasteiger partial charge in [0.25, 0.3) is 0 Å². The summed E-state index contributed by atoms with van der Waals surface area (Å²) in [5.41, 5.74) is 1.64. The van der Waals surface area contributed by atoms with Gasteiger partial charge in [0.05, 0.1) is 17.1 Å². The van der Waals surface area contributed by atoms with E-state index >= 15 is 0 Å². The number of hydrogen-bond donors (Lipinski definition) is 0. The molecule has 0 radical (unpaired) electrons. The number of nitrogens with zero attached hydrogens (tertiary/aromatic N) is 5. The third kappa shape index (κ3) is 3.52. The molecule has 142 valence electrons. The van der Waals surface area contributed by atoms with E-state index < -0.39 is 10.0 Å². The van der Waals surface area contributed by atoms with Gasteiger partial charge in [0.1, 0.15) is 0 Å². The van der Waals surface area contributed by atoms with E-state index in [0.29, 0.717) is 24.2 Å². The quantitative estimate of drug-likeness (QED) is 0.618. The largest absolute Gasteiger partial charge is 0.339 e. The third-order valence-electron chi connectivity index (χ3n) is 4.67. The van der Waals surface area contributed by atoms with E-state index in [9.17, 15) is 8.42 Å². The predicted octanol–water partition coefficient (Wildman–Crippen LogP) is 2.56. The Balaban J connectivity index is 1.61. The molecule has 0 amide bonds. The molecular weight excluding hydrogens is 366 g/mol. The van der Waals surface area contributed by atoms with Crippen molar-refractivity contribution in [2.75, 3.05) is 6.54 Å². The summed E-state index contributed by atoms with van der Waals surface area (Å²) in [5.74, 6) is 1.34. The molecule has 0 aliphatic heterocycles. The molecular formula is C18H21N5O3S. The van der Waals surface area contributed by atoms with Crippen LogP contribution in [0.4, 0.5) is 0 Å². The highest BCUT2D eigenvalue weighted by atomic mass is 32.2. The zero-order valence-corrected chi connectivity index (χ0v) is 16.1. The number of aromatic nitrogens is 4. The van der Waals surface area contributed by atoms with Crippen LogP contribution < -0.4 is 0 Å². The van der Waals surface area contributed by atoms with Crippen molar-refractivity contribution < 1.29 is 12.9 Å². The van der Waals surface area contributed by atoms with Gasteiger partial charge in [-0.25, -0.2) is 8.42 Å². The maximum absolute atomic E-state index is 13.1. The highest BCUT2D eigenvalue weighted by Gasteiger charge is 2.31. The lowest BCUT2D eigenvalue weighted by Gasteiger charge is -2.19. The maximum atomic E-state index is 13.1. The second-order valence-electron chi connectivity index (χ2n) is 6.62. The summed E-state index contributed by atoms with van der Waals surface area (Å²) in [5, 5.41) is 8.08. The molecule has 1 saturated carbocycles. The first-order valence-corrected chi connectivity index (χ1v) is 10.3. The first-order valence-electron chi connectivity index (χ1n) is 8.90. The molecule has 27 heavy (non-hydrogen) atoms. The first kappa shape index (κ1) is 17.9. The van der Waals surface area contributed by atoms with Crippen molar-refractivity contribution in [1.82, 2.24) is 24.2 Å². The predicted molar refractivity (Wildman–Crippen MR) is 98.2 cm³/mol. The Bertz CT molecular complexity index is 1050. The molecule has 1 fully saturated rings. The van der Waals surface area contributed by atoms with Crippen LogP contribution in [0.1, 0.15) is 37.4 Å². The summed E-state index contributed by atoms with van der Waals surface area (Å²) in [6.07, 6.45) is 3.79. The van der Waals surface area contributed by atoms with E-state index in [1.165, 1.54) is 4.31 Å². The standard InChI is InChI=1S/C18H21N5O3S/c1-3-23(12-17-20-18(26-21-17)13-7-8-13)27(24,25)15-6-4-5-14(11-15)16-9-10-19-22(16)2/h4-6,9-11,13H,3,7-8,12H2,1-2H3. The fraction of sp³-hybridized carbons (Fsp3) is 0.389. The Kier molecular flexibility index (Phi) is 4.56. The number of aryl methyl sites for hydroxylation is 1. The average molecular weight is 387 g/mol. The highest BCUT2D eigenvalue weighted by molar-refractivity contribution is 7.89. The van der Waals surface area contributed by atoms with E-state index in [2.05, 4.69) is 15.2 Å². The lowest BCUT2D eigenvalue weighted by atomic mass is 10.1. The molecule has 0 N–H and O–H groups in total. The zero-order valence-electron chi connectivity index (χ0n) is 15.2. The van der Waals surface area contributed by atoms with Gasteiger partial charge in [0, 0.05) is 31.3 Å². The summed E-state index contributed by atoms with van der Waals surface area (Å²) in [6.45, 7) is 2.20. The fourth-order valence-corrected chi connectivity index (χ4v) is 4.42. The molecule has 1 aromatic carbocycles. The lowest BCUT2D eigenvalue weighted by Crippen LogP contribution is -2.31. The molecule has 1 aliphatic carbocycles. The van der Waals surface area contributed by atoms with Crippen LogP contribution in [0.3, 0.4) is 0 Å². The molecule has 4 rings (SSSR count). The summed E-state index contributed by atoms with van der Waals surface area (Å²) in [7, 11) is -1.87. The first-order chi connectivity index (χ1) is 13.0. The Morgan fingerprint density at radius 2 is 2.11 bits per heavy atom. The van der Waals surface area contributed by atoms with Crippen molar-refractivity contribution in [3.63, 3.8) is 0 Å². The van der Waals surface area contributed by atoms with Crippen LogP contribution in [0.2, 0.25) is 0 Å². The summed E-state index contributed by atoms with van der Waals surface area (Å²) in [4.78, 5) is 4.57. The zero-order chi connectivity index (χ0) is 19.0. The molecule has 1 aliphatic rings. The summed E-state index contributed by atoms with van der Waals surface area (Å²) < 4.78 is 34.6. The minimum Gasteiger partial charge on any atom is -0.339 e. The van der Waals surface area contributed by atoms with Crippen LogP contribution in [0.5, 0.6) is 0 Å². The van der Waals surface area contributed by atoms with Crippen LogP contribution >= 0.6 is 0 Å². The van der Waals surface area contributed by atoms with Crippen molar-refractivity contribution in [3.05, 3.63) is 48.2 Å². The van der Waals surface area contributed by atoms with E-state index in [1.54, 1.807) is 36.0 Å². The number of rotatable bonds is 7. The van der Waals surface area contributed by atoms with E-state index in [4.69, 9.17) is 4.52 Å². The van der Waals surface area contributed by atoms with E-state index in [1.807, 2.05) is 19.2 Å². The van der Waals surface area contributed by atoms with Gasteiger partial charge in [0.15, 0.2) is 5.82 Å². The second kappa shape index (κ2) is 6.90. The van der Waals surface area contributed by atoms with E-state index in [-0.39, 0.29) is 11.4 Å². The third-order valence-corrected chi connectivity index (χ3v) is 6.59. The van der Waals surface area contributed by atoms with Gasteiger partial charge in [-0.15, -0.1) is 0 Å². The van der Waals surface area contributed by atoms with Gasteiger partial charge < -0.3 is 4.52 Å². The Labute approximate surface area is 157 Å². The smallest absolute Gasteiger partial charge is 0.243 e. The lowest BCUT2D eigenvalue weighted by molar-refractivity contribution is 0.360. The SMILES string of the molecule is CCN(Cc1noc(C2CC2)n1)S(=O)(=O)c1cccc(-c2ccnn2C)c1. The Morgan fingerprint density at radius 1 is 1.30 bits per heavy atom. The number of benzene rings is 1. The van der Waals surface area contributed by atoms with Crippen LogP contribution in [0, 0.1) is 0 Å². The maximum Gasteiger partial charge on any atom is 0.243 e. The van der Waals surface area contributed by atoms with Crippen LogP contribution in [0.25, 0.3) is 11.3 Å².